The van der Waals surface area contributed by atoms with Crippen molar-refractivity contribution >= 4 is 0 Å². The zero-order valence-corrected chi connectivity index (χ0v) is 12.2. The third kappa shape index (κ3) is 3.34. The topological polar surface area (TPSA) is 23.5 Å². The van der Waals surface area contributed by atoms with Crippen molar-refractivity contribution in [1.29, 1.82) is 0 Å². The zero-order valence-electron chi connectivity index (χ0n) is 12.2. The summed E-state index contributed by atoms with van der Waals surface area (Å²) in [5, 5.41) is 10.3. The van der Waals surface area contributed by atoms with Crippen LogP contribution in [0, 0.1) is 0 Å². The SMILES string of the molecule is CN(C)CC1=CC(c2ccccc2C(C)(C)O)C=C1. The van der Waals surface area contributed by atoms with Gasteiger partial charge in [-0.25, -0.2) is 0 Å². The first-order valence-corrected chi connectivity index (χ1v) is 6.73. The van der Waals surface area contributed by atoms with Gasteiger partial charge < -0.3 is 10.0 Å². The lowest BCUT2D eigenvalue weighted by molar-refractivity contribution is 0.0776. The molecule has 2 heteroatoms. The second-order valence-corrected chi connectivity index (χ2v) is 6.01. The van der Waals surface area contributed by atoms with Gasteiger partial charge in [0, 0.05) is 12.5 Å². The van der Waals surface area contributed by atoms with Crippen molar-refractivity contribution in [2.24, 2.45) is 0 Å². The van der Waals surface area contributed by atoms with Gasteiger partial charge in [0.15, 0.2) is 0 Å². The molecule has 1 aromatic carbocycles. The molecular weight excluding hydrogens is 234 g/mol. The highest BCUT2D eigenvalue weighted by Crippen LogP contribution is 2.33. The Morgan fingerprint density at radius 2 is 1.89 bits per heavy atom. The van der Waals surface area contributed by atoms with Crippen molar-refractivity contribution in [3.05, 3.63) is 59.2 Å². The predicted octanol–water partition coefficient (Wildman–Crippen LogP) is 3.06. The molecule has 0 radical (unpaired) electrons. The van der Waals surface area contributed by atoms with Gasteiger partial charge in [-0.2, -0.15) is 0 Å². The number of hydrogen-bond donors (Lipinski definition) is 1. The Kier molecular flexibility index (Phi) is 3.93. The molecule has 102 valence electrons. The quantitative estimate of drug-likeness (QED) is 0.896. The highest BCUT2D eigenvalue weighted by molar-refractivity contribution is 5.45. The maximum Gasteiger partial charge on any atom is 0.0843 e. The van der Waals surface area contributed by atoms with Crippen LogP contribution in [0.2, 0.25) is 0 Å². The number of aliphatic hydroxyl groups is 1. The van der Waals surface area contributed by atoms with Gasteiger partial charge in [0.25, 0.3) is 0 Å². The Bertz CT molecular complexity index is 506. The predicted molar refractivity (Wildman–Crippen MR) is 80.2 cm³/mol. The van der Waals surface area contributed by atoms with E-state index in [-0.39, 0.29) is 5.92 Å². The van der Waals surface area contributed by atoms with Crippen LogP contribution in [-0.2, 0) is 5.60 Å². The Morgan fingerprint density at radius 1 is 1.21 bits per heavy atom. The summed E-state index contributed by atoms with van der Waals surface area (Å²) in [7, 11) is 4.15. The fraction of sp³-hybridized carbons (Fsp3) is 0.412. The molecule has 1 aliphatic carbocycles. The highest BCUT2D eigenvalue weighted by atomic mass is 16.3. The second-order valence-electron chi connectivity index (χ2n) is 6.01. The van der Waals surface area contributed by atoms with Crippen LogP contribution in [0.1, 0.15) is 30.9 Å². The lowest BCUT2D eigenvalue weighted by Crippen LogP contribution is -2.18. The molecule has 1 unspecified atom stereocenters. The molecular formula is C17H23NO. The largest absolute Gasteiger partial charge is 0.386 e. The van der Waals surface area contributed by atoms with Crippen LogP contribution in [-0.4, -0.2) is 30.6 Å². The number of likely N-dealkylation sites (N-methyl/N-ethyl adjacent to an activating group) is 1. The number of nitrogens with zero attached hydrogens (tertiary/aromatic N) is 1. The molecule has 1 atom stereocenters. The van der Waals surface area contributed by atoms with E-state index in [1.165, 1.54) is 11.1 Å². The van der Waals surface area contributed by atoms with E-state index in [9.17, 15) is 5.11 Å². The molecule has 0 amide bonds. The lowest BCUT2D eigenvalue weighted by atomic mass is 9.87. The average Bonchev–Trinajstić information content (AvgIpc) is 2.75. The average molecular weight is 257 g/mol. The van der Waals surface area contributed by atoms with Gasteiger partial charge in [-0.15, -0.1) is 0 Å². The molecule has 0 saturated heterocycles. The molecule has 0 aliphatic heterocycles. The van der Waals surface area contributed by atoms with Crippen LogP contribution in [0.25, 0.3) is 0 Å². The lowest BCUT2D eigenvalue weighted by Gasteiger charge is -2.23. The van der Waals surface area contributed by atoms with Crippen LogP contribution in [0.15, 0.2) is 48.1 Å². The number of allylic oxidation sites excluding steroid dienone is 2. The molecule has 1 aliphatic rings. The molecule has 19 heavy (non-hydrogen) atoms. The maximum absolute atomic E-state index is 10.3. The fourth-order valence-corrected chi connectivity index (χ4v) is 2.58. The number of hydrogen-bond acceptors (Lipinski definition) is 2. The van der Waals surface area contributed by atoms with Crippen molar-refractivity contribution in [2.45, 2.75) is 25.4 Å². The van der Waals surface area contributed by atoms with E-state index >= 15 is 0 Å². The van der Waals surface area contributed by atoms with Gasteiger partial charge in [0.2, 0.25) is 0 Å². The molecule has 0 fully saturated rings. The monoisotopic (exact) mass is 257 g/mol. The first kappa shape index (κ1) is 14.0. The summed E-state index contributed by atoms with van der Waals surface area (Å²) < 4.78 is 0. The first-order valence-electron chi connectivity index (χ1n) is 6.73. The van der Waals surface area contributed by atoms with Crippen LogP contribution in [0.5, 0.6) is 0 Å². The Labute approximate surface area is 116 Å². The third-order valence-electron chi connectivity index (χ3n) is 3.39. The van der Waals surface area contributed by atoms with E-state index in [2.05, 4.69) is 43.3 Å². The molecule has 0 heterocycles. The summed E-state index contributed by atoms with van der Waals surface area (Å²) in [6, 6.07) is 8.15. The van der Waals surface area contributed by atoms with Crippen LogP contribution in [0.3, 0.4) is 0 Å². The minimum absolute atomic E-state index is 0.276. The summed E-state index contributed by atoms with van der Waals surface area (Å²) in [5.74, 6) is 0.276. The standard InChI is InChI=1S/C17H23NO/c1-17(2,19)16-8-6-5-7-15(16)14-10-9-13(11-14)12-18(3)4/h5-11,14,19H,12H2,1-4H3. The molecule has 0 bridgehead atoms. The number of rotatable bonds is 4. The maximum atomic E-state index is 10.3. The van der Waals surface area contributed by atoms with Crippen molar-refractivity contribution in [3.63, 3.8) is 0 Å². The smallest absolute Gasteiger partial charge is 0.0843 e. The first-order chi connectivity index (χ1) is 8.88. The molecule has 2 nitrogen and oxygen atoms in total. The van der Waals surface area contributed by atoms with E-state index < -0.39 is 5.60 Å². The van der Waals surface area contributed by atoms with Crippen molar-refractivity contribution < 1.29 is 5.11 Å². The van der Waals surface area contributed by atoms with Gasteiger partial charge >= 0.3 is 0 Å². The normalized spacial score (nSPS) is 19.1. The molecule has 1 aromatic rings. The summed E-state index contributed by atoms with van der Waals surface area (Å²) in [5.41, 5.74) is 2.73. The van der Waals surface area contributed by atoms with Crippen molar-refractivity contribution in [3.8, 4) is 0 Å². The summed E-state index contributed by atoms with van der Waals surface area (Å²) >= 11 is 0. The van der Waals surface area contributed by atoms with Crippen LogP contribution in [0.4, 0.5) is 0 Å². The van der Waals surface area contributed by atoms with E-state index in [0.29, 0.717) is 0 Å². The Hall–Kier alpha value is -1.38. The molecule has 0 saturated carbocycles. The molecule has 0 aromatic heterocycles. The Morgan fingerprint density at radius 3 is 2.53 bits per heavy atom. The number of benzene rings is 1. The van der Waals surface area contributed by atoms with Gasteiger partial charge in [0.05, 0.1) is 5.60 Å². The molecule has 2 rings (SSSR count). The summed E-state index contributed by atoms with van der Waals surface area (Å²) in [4.78, 5) is 2.17. The van der Waals surface area contributed by atoms with E-state index in [4.69, 9.17) is 0 Å². The minimum Gasteiger partial charge on any atom is -0.386 e. The van der Waals surface area contributed by atoms with E-state index in [1.54, 1.807) is 0 Å². The molecule has 0 spiro atoms. The zero-order chi connectivity index (χ0) is 14.0. The van der Waals surface area contributed by atoms with Crippen LogP contribution < -0.4 is 0 Å². The van der Waals surface area contributed by atoms with Crippen molar-refractivity contribution in [2.75, 3.05) is 20.6 Å². The van der Waals surface area contributed by atoms with Gasteiger partial charge in [-0.3, -0.25) is 0 Å². The van der Waals surface area contributed by atoms with Crippen LogP contribution >= 0.6 is 0 Å². The van der Waals surface area contributed by atoms with Gasteiger partial charge in [-0.05, 0) is 44.6 Å². The van der Waals surface area contributed by atoms with E-state index in [1.807, 2.05) is 32.0 Å². The van der Waals surface area contributed by atoms with Crippen molar-refractivity contribution in [1.82, 2.24) is 4.90 Å². The summed E-state index contributed by atoms with van der Waals surface area (Å²) in [6.07, 6.45) is 6.68. The Balaban J connectivity index is 2.30. The summed E-state index contributed by atoms with van der Waals surface area (Å²) in [6.45, 7) is 4.64. The second kappa shape index (κ2) is 5.32. The van der Waals surface area contributed by atoms with Gasteiger partial charge in [-0.1, -0.05) is 42.5 Å². The van der Waals surface area contributed by atoms with E-state index in [0.717, 1.165) is 12.1 Å². The third-order valence-corrected chi connectivity index (χ3v) is 3.39. The molecule has 1 N–H and O–H groups in total. The highest BCUT2D eigenvalue weighted by Gasteiger charge is 2.23. The van der Waals surface area contributed by atoms with Gasteiger partial charge in [0.1, 0.15) is 0 Å². The fourth-order valence-electron chi connectivity index (χ4n) is 2.58. The minimum atomic E-state index is -0.803.